The van der Waals surface area contributed by atoms with Crippen LogP contribution in [0.4, 0.5) is 14.5 Å². The van der Waals surface area contributed by atoms with Crippen molar-refractivity contribution in [3.05, 3.63) is 38.9 Å². The fourth-order valence-electron chi connectivity index (χ4n) is 1.00. The summed E-state index contributed by atoms with van der Waals surface area (Å²) in [5.41, 5.74) is 4.02. The van der Waals surface area contributed by atoms with Gasteiger partial charge in [-0.25, -0.2) is 0 Å². The van der Waals surface area contributed by atoms with E-state index >= 15 is 0 Å². The van der Waals surface area contributed by atoms with E-state index < -0.39 is 28.6 Å². The van der Waals surface area contributed by atoms with Crippen LogP contribution in [0, 0.1) is 10.1 Å². The van der Waals surface area contributed by atoms with Gasteiger partial charge in [0.2, 0.25) is 0 Å². The summed E-state index contributed by atoms with van der Waals surface area (Å²) in [4.78, 5) is 9.62. The maximum atomic E-state index is 13.0. The highest BCUT2D eigenvalue weighted by Gasteiger charge is 2.31. The number of nitrogens with zero attached hydrogens (tertiary/aromatic N) is 1. The van der Waals surface area contributed by atoms with Gasteiger partial charge < -0.3 is 5.73 Å². The highest BCUT2D eigenvalue weighted by molar-refractivity contribution is 6.32. The lowest BCUT2D eigenvalue weighted by molar-refractivity contribution is -0.384. The third kappa shape index (κ3) is 2.40. The Morgan fingerprint density at radius 3 is 2.53 bits per heavy atom. The van der Waals surface area contributed by atoms with E-state index in [1.807, 2.05) is 0 Å². The van der Waals surface area contributed by atoms with E-state index in [-0.39, 0.29) is 5.02 Å². The lowest BCUT2D eigenvalue weighted by atomic mass is 10.1. The first-order chi connectivity index (χ1) is 6.88. The van der Waals surface area contributed by atoms with Gasteiger partial charge in [0.1, 0.15) is 5.02 Å². The van der Waals surface area contributed by atoms with Crippen LogP contribution >= 0.6 is 11.6 Å². The predicted molar refractivity (Wildman–Crippen MR) is 51.1 cm³/mol. The van der Waals surface area contributed by atoms with Gasteiger partial charge in [0.15, 0.2) is 0 Å². The maximum Gasteiger partial charge on any atom is 0.287 e. The van der Waals surface area contributed by atoms with Gasteiger partial charge in [-0.15, -0.1) is 0 Å². The number of halogens is 3. The van der Waals surface area contributed by atoms with Gasteiger partial charge in [-0.2, -0.15) is 8.78 Å². The van der Waals surface area contributed by atoms with Crippen LogP contribution in [0.25, 0.3) is 0 Å². The summed E-state index contributed by atoms with van der Waals surface area (Å²) in [6.07, 6.45) is 0. The molecule has 2 N–H and O–H groups in total. The molecule has 15 heavy (non-hydrogen) atoms. The highest BCUT2D eigenvalue weighted by Crippen LogP contribution is 2.32. The first-order valence-electron chi connectivity index (χ1n) is 3.91. The fraction of sp³-hybridized carbons (Fsp3) is 0.250. The first kappa shape index (κ1) is 11.8. The van der Waals surface area contributed by atoms with E-state index in [1.54, 1.807) is 0 Å². The zero-order chi connectivity index (χ0) is 11.6. The number of nitro benzene ring substituents is 1. The molecule has 0 saturated carbocycles. The van der Waals surface area contributed by atoms with Crippen molar-refractivity contribution in [2.24, 2.45) is 5.73 Å². The summed E-state index contributed by atoms with van der Waals surface area (Å²) in [5.74, 6) is -3.22. The molecule has 0 aliphatic heterocycles. The van der Waals surface area contributed by atoms with Crippen molar-refractivity contribution in [3.63, 3.8) is 0 Å². The lowest BCUT2D eigenvalue weighted by Gasteiger charge is -2.13. The van der Waals surface area contributed by atoms with Crippen LogP contribution in [0.1, 0.15) is 5.56 Å². The Labute approximate surface area is 88.8 Å². The van der Waals surface area contributed by atoms with E-state index in [0.717, 1.165) is 18.2 Å². The van der Waals surface area contributed by atoms with E-state index in [4.69, 9.17) is 17.3 Å². The molecule has 0 aromatic heterocycles. The SMILES string of the molecule is NCC(F)(F)c1ccc([N+](=O)[O-])c(Cl)c1. The molecule has 0 spiro atoms. The number of hydrogen-bond donors (Lipinski definition) is 1. The van der Waals surface area contributed by atoms with E-state index in [2.05, 4.69) is 0 Å². The standard InChI is InChI=1S/C8H7ClF2N2O2/c9-6-3-5(8(10,11)4-12)1-2-7(6)13(14)15/h1-3H,4,12H2. The summed E-state index contributed by atoms with van der Waals surface area (Å²) in [6, 6.07) is 2.73. The normalized spacial score (nSPS) is 11.5. The van der Waals surface area contributed by atoms with E-state index in [1.165, 1.54) is 0 Å². The largest absolute Gasteiger partial charge is 0.325 e. The van der Waals surface area contributed by atoms with Crippen molar-refractivity contribution in [1.29, 1.82) is 0 Å². The summed E-state index contributed by atoms with van der Waals surface area (Å²) in [7, 11) is 0. The van der Waals surface area contributed by atoms with Gasteiger partial charge in [0.25, 0.3) is 11.6 Å². The van der Waals surface area contributed by atoms with Gasteiger partial charge in [-0.3, -0.25) is 10.1 Å². The molecule has 0 bridgehead atoms. The minimum absolute atomic E-state index is 0.328. The molecule has 1 aromatic carbocycles. The third-order valence-electron chi connectivity index (χ3n) is 1.82. The van der Waals surface area contributed by atoms with Crippen LogP contribution in [0.15, 0.2) is 18.2 Å². The second kappa shape index (κ2) is 4.08. The van der Waals surface area contributed by atoms with Gasteiger partial charge in [-0.1, -0.05) is 11.6 Å². The monoisotopic (exact) mass is 236 g/mol. The summed E-state index contributed by atoms with van der Waals surface area (Å²) in [6.45, 7) is -0.874. The van der Waals surface area contributed by atoms with Crippen molar-refractivity contribution in [2.75, 3.05) is 6.54 Å². The first-order valence-corrected chi connectivity index (χ1v) is 4.28. The second-order valence-electron chi connectivity index (χ2n) is 2.83. The number of nitrogens with two attached hydrogens (primary N) is 1. The Hall–Kier alpha value is -1.27. The molecule has 7 heteroatoms. The van der Waals surface area contributed by atoms with Crippen LogP contribution in [-0.4, -0.2) is 11.5 Å². The highest BCUT2D eigenvalue weighted by atomic mass is 35.5. The smallest absolute Gasteiger partial charge is 0.287 e. The van der Waals surface area contributed by atoms with Gasteiger partial charge in [0.05, 0.1) is 11.5 Å². The van der Waals surface area contributed by atoms with Crippen LogP contribution in [0.3, 0.4) is 0 Å². The minimum Gasteiger partial charge on any atom is -0.325 e. The molecule has 1 rings (SSSR count). The van der Waals surface area contributed by atoms with Gasteiger partial charge >= 0.3 is 0 Å². The van der Waals surface area contributed by atoms with E-state index in [0.29, 0.717) is 0 Å². The third-order valence-corrected chi connectivity index (χ3v) is 2.13. The molecule has 0 unspecified atom stereocenters. The molecule has 0 fully saturated rings. The molecule has 0 atom stereocenters. The van der Waals surface area contributed by atoms with Crippen molar-refractivity contribution in [2.45, 2.75) is 5.92 Å². The molecule has 0 aliphatic rings. The molecule has 0 amide bonds. The zero-order valence-corrected chi connectivity index (χ0v) is 8.17. The van der Waals surface area contributed by atoms with Crippen LogP contribution in [-0.2, 0) is 5.92 Å². The summed E-state index contributed by atoms with van der Waals surface area (Å²) < 4.78 is 26.1. The second-order valence-corrected chi connectivity index (χ2v) is 3.24. The van der Waals surface area contributed by atoms with Crippen molar-refractivity contribution < 1.29 is 13.7 Å². The van der Waals surface area contributed by atoms with Gasteiger partial charge in [0, 0.05) is 11.6 Å². The maximum absolute atomic E-state index is 13.0. The van der Waals surface area contributed by atoms with Crippen LogP contribution in [0.2, 0.25) is 5.02 Å². The van der Waals surface area contributed by atoms with Gasteiger partial charge in [-0.05, 0) is 12.1 Å². The number of benzene rings is 1. The predicted octanol–water partition coefficient (Wildman–Crippen LogP) is 2.30. The van der Waals surface area contributed by atoms with Crippen molar-refractivity contribution >= 4 is 17.3 Å². The Balaban J connectivity index is 3.18. The molecule has 0 radical (unpaired) electrons. The molecular weight excluding hydrogens is 230 g/mol. The van der Waals surface area contributed by atoms with Crippen LogP contribution < -0.4 is 5.73 Å². The molecule has 82 valence electrons. The lowest BCUT2D eigenvalue weighted by Crippen LogP contribution is -2.25. The summed E-state index contributed by atoms with van der Waals surface area (Å²) >= 11 is 5.47. The van der Waals surface area contributed by atoms with E-state index in [9.17, 15) is 18.9 Å². The number of rotatable bonds is 3. The number of nitro groups is 1. The number of alkyl halides is 2. The molecule has 1 aromatic rings. The Morgan fingerprint density at radius 1 is 1.53 bits per heavy atom. The van der Waals surface area contributed by atoms with Crippen molar-refractivity contribution in [1.82, 2.24) is 0 Å². The number of hydrogen-bond acceptors (Lipinski definition) is 3. The fourth-order valence-corrected chi connectivity index (χ4v) is 1.25. The average Bonchev–Trinajstić information content (AvgIpc) is 2.17. The molecule has 0 aliphatic carbocycles. The Morgan fingerprint density at radius 2 is 2.13 bits per heavy atom. The molecule has 4 nitrogen and oxygen atoms in total. The Bertz CT molecular complexity index is 398. The van der Waals surface area contributed by atoms with Crippen LogP contribution in [0.5, 0.6) is 0 Å². The molecule has 0 heterocycles. The Kier molecular flexibility index (Phi) is 3.21. The zero-order valence-electron chi connectivity index (χ0n) is 7.41. The topological polar surface area (TPSA) is 69.2 Å². The van der Waals surface area contributed by atoms with Crippen molar-refractivity contribution in [3.8, 4) is 0 Å². The minimum atomic E-state index is -3.22. The average molecular weight is 237 g/mol. The summed E-state index contributed by atoms with van der Waals surface area (Å²) in [5, 5.41) is 10.0. The quantitative estimate of drug-likeness (QED) is 0.647. The molecular formula is C8H7ClF2N2O2. The molecule has 0 saturated heterocycles.